The van der Waals surface area contributed by atoms with Gasteiger partial charge in [0.15, 0.2) is 0 Å². The smallest absolute Gasteiger partial charge is 0.139 e. The van der Waals surface area contributed by atoms with Gasteiger partial charge in [0, 0.05) is 17.0 Å². The van der Waals surface area contributed by atoms with Crippen LogP contribution in [0, 0.1) is 5.82 Å². The summed E-state index contributed by atoms with van der Waals surface area (Å²) in [5, 5.41) is 3.37. The van der Waals surface area contributed by atoms with E-state index in [0.29, 0.717) is 5.39 Å². The highest BCUT2D eigenvalue weighted by atomic mass is 32.2. The number of anilines is 1. The fourth-order valence-corrected chi connectivity index (χ4v) is 5.00. The fraction of sp³-hybridized carbons (Fsp3) is 0.278. The first-order valence-electron chi connectivity index (χ1n) is 8.28. The van der Waals surface area contributed by atoms with Gasteiger partial charge in [-0.25, -0.2) is 9.37 Å². The second kappa shape index (κ2) is 8.78. The van der Waals surface area contributed by atoms with Crippen molar-refractivity contribution in [2.24, 2.45) is 0 Å². The molecule has 0 bridgehead atoms. The van der Waals surface area contributed by atoms with Crippen LogP contribution < -0.4 is 4.72 Å². The number of aromatic amines is 1. The van der Waals surface area contributed by atoms with Crippen LogP contribution in [0.4, 0.5) is 10.1 Å². The summed E-state index contributed by atoms with van der Waals surface area (Å²) in [7, 11) is 0. The van der Waals surface area contributed by atoms with Gasteiger partial charge in [-0.3, -0.25) is 0 Å². The molecule has 0 atom stereocenters. The molecule has 1 aliphatic rings. The average molecular weight is 394 g/mol. The first-order valence-corrected chi connectivity index (χ1v) is 11.0. The highest BCUT2D eigenvalue weighted by molar-refractivity contribution is 8.22. The van der Waals surface area contributed by atoms with Crippen LogP contribution in [-0.4, -0.2) is 15.7 Å². The molecule has 4 rings (SSSR count). The summed E-state index contributed by atoms with van der Waals surface area (Å²) in [6, 6.07) is 5.11. The highest BCUT2D eigenvalue weighted by Crippen LogP contribution is 2.37. The number of aromatic nitrogens is 2. The van der Waals surface area contributed by atoms with Crippen LogP contribution in [0.25, 0.3) is 21.6 Å². The minimum absolute atomic E-state index is 0.221. The predicted molar refractivity (Wildman–Crippen MR) is 112 cm³/mol. The standard InChI is InChI=1S/C16H14FN3S3.C2H6/c17-11-4-5-12(20-23-14-3-1-2-7-21-14)15-10(11)9-13(19-15)16-18-6-8-22-16;1-2/h3-6,8-9,19-20H,1-2,7H2;1-2H3. The zero-order chi connectivity index (χ0) is 17.6. The molecular weight excluding hydrogens is 373 g/mol. The molecule has 1 aliphatic heterocycles. The average Bonchev–Trinajstić information content (AvgIpc) is 3.34. The van der Waals surface area contributed by atoms with Gasteiger partial charge in [-0.05, 0) is 48.7 Å². The van der Waals surface area contributed by atoms with E-state index < -0.39 is 0 Å². The van der Waals surface area contributed by atoms with E-state index in [0.717, 1.165) is 34.1 Å². The van der Waals surface area contributed by atoms with Gasteiger partial charge >= 0.3 is 0 Å². The normalized spacial score (nSPS) is 14.0. The quantitative estimate of drug-likeness (QED) is 0.474. The monoisotopic (exact) mass is 393 g/mol. The molecule has 1 aromatic carbocycles. The Kier molecular flexibility index (Phi) is 6.45. The second-order valence-corrected chi connectivity index (χ2v) is 8.26. The minimum Gasteiger partial charge on any atom is -0.351 e. The molecule has 0 aliphatic carbocycles. The molecule has 25 heavy (non-hydrogen) atoms. The van der Waals surface area contributed by atoms with E-state index in [4.69, 9.17) is 0 Å². The number of nitrogens with one attached hydrogen (secondary N) is 2. The minimum atomic E-state index is -0.221. The Balaban J connectivity index is 0.000000880. The largest absolute Gasteiger partial charge is 0.351 e. The van der Waals surface area contributed by atoms with Crippen LogP contribution in [0.2, 0.25) is 0 Å². The van der Waals surface area contributed by atoms with Crippen molar-refractivity contribution in [3.05, 3.63) is 45.9 Å². The number of halogens is 1. The lowest BCUT2D eigenvalue weighted by atomic mass is 10.2. The van der Waals surface area contributed by atoms with Gasteiger partial charge in [-0.15, -0.1) is 23.1 Å². The number of thioether (sulfide) groups is 1. The number of fused-ring (bicyclic) bond motifs is 1. The predicted octanol–water partition coefficient (Wildman–Crippen LogP) is 6.89. The summed E-state index contributed by atoms with van der Waals surface area (Å²) in [4.78, 5) is 7.59. The fourth-order valence-electron chi connectivity index (χ4n) is 2.45. The topological polar surface area (TPSA) is 40.7 Å². The van der Waals surface area contributed by atoms with Crippen molar-refractivity contribution < 1.29 is 4.39 Å². The molecule has 2 N–H and O–H groups in total. The molecule has 0 saturated heterocycles. The van der Waals surface area contributed by atoms with Crippen LogP contribution in [0.3, 0.4) is 0 Å². The molecule has 3 aromatic rings. The van der Waals surface area contributed by atoms with Crippen molar-refractivity contribution in [2.45, 2.75) is 26.7 Å². The van der Waals surface area contributed by atoms with Crippen molar-refractivity contribution in [3.8, 4) is 10.7 Å². The zero-order valence-electron chi connectivity index (χ0n) is 14.1. The lowest BCUT2D eigenvalue weighted by Gasteiger charge is -2.13. The van der Waals surface area contributed by atoms with Crippen molar-refractivity contribution in [2.75, 3.05) is 10.5 Å². The Hall–Kier alpha value is -1.44. The molecule has 3 nitrogen and oxygen atoms in total. The number of thiazole rings is 1. The Bertz CT molecular complexity index is 856. The lowest BCUT2D eigenvalue weighted by molar-refractivity contribution is 0.640. The Morgan fingerprint density at radius 2 is 2.20 bits per heavy atom. The van der Waals surface area contributed by atoms with Crippen molar-refractivity contribution in [1.29, 1.82) is 0 Å². The first-order chi connectivity index (χ1) is 12.3. The summed E-state index contributed by atoms with van der Waals surface area (Å²) in [6.45, 7) is 4.00. The summed E-state index contributed by atoms with van der Waals surface area (Å²) in [5.74, 6) is 0.941. The van der Waals surface area contributed by atoms with Crippen LogP contribution in [0.1, 0.15) is 26.7 Å². The number of allylic oxidation sites excluding steroid dienone is 1. The summed E-state index contributed by atoms with van der Waals surface area (Å²) < 4.78 is 18.8. The molecule has 7 heteroatoms. The van der Waals surface area contributed by atoms with Crippen LogP contribution in [0.15, 0.2) is 40.1 Å². The van der Waals surface area contributed by atoms with Gasteiger partial charge in [0.2, 0.25) is 0 Å². The van der Waals surface area contributed by atoms with Crippen LogP contribution in [0.5, 0.6) is 0 Å². The zero-order valence-corrected chi connectivity index (χ0v) is 16.6. The van der Waals surface area contributed by atoms with Gasteiger partial charge < -0.3 is 9.71 Å². The van der Waals surface area contributed by atoms with E-state index in [9.17, 15) is 4.39 Å². The van der Waals surface area contributed by atoms with Gasteiger partial charge in [0.25, 0.3) is 0 Å². The van der Waals surface area contributed by atoms with Gasteiger partial charge in [0.1, 0.15) is 10.8 Å². The number of nitrogens with zero attached hydrogens (tertiary/aromatic N) is 1. The van der Waals surface area contributed by atoms with Crippen LogP contribution >= 0.6 is 35.0 Å². The maximum Gasteiger partial charge on any atom is 0.139 e. The summed E-state index contributed by atoms with van der Waals surface area (Å²) in [5.41, 5.74) is 2.52. The van der Waals surface area contributed by atoms with E-state index in [1.165, 1.54) is 28.1 Å². The van der Waals surface area contributed by atoms with Gasteiger partial charge in [-0.1, -0.05) is 19.9 Å². The van der Waals surface area contributed by atoms with E-state index >= 15 is 0 Å². The van der Waals surface area contributed by atoms with E-state index in [-0.39, 0.29) is 5.82 Å². The Labute approximate surface area is 159 Å². The molecular formula is C18H20FN3S3. The lowest BCUT2D eigenvalue weighted by Crippen LogP contribution is -1.93. The number of hydrogen-bond acceptors (Lipinski definition) is 5. The van der Waals surface area contributed by atoms with Crippen molar-refractivity contribution in [3.63, 3.8) is 0 Å². The summed E-state index contributed by atoms with van der Waals surface area (Å²) in [6.07, 6.45) is 6.38. The number of hydrogen-bond donors (Lipinski definition) is 2. The van der Waals surface area contributed by atoms with Gasteiger partial charge in [-0.2, -0.15) is 0 Å². The van der Waals surface area contributed by atoms with Crippen LogP contribution in [-0.2, 0) is 0 Å². The Morgan fingerprint density at radius 1 is 1.32 bits per heavy atom. The second-order valence-electron chi connectivity index (χ2n) is 5.12. The van der Waals surface area contributed by atoms with E-state index in [1.54, 1.807) is 24.2 Å². The van der Waals surface area contributed by atoms with Gasteiger partial charge in [0.05, 0.1) is 21.1 Å². The maximum atomic E-state index is 14.1. The van der Waals surface area contributed by atoms with Crippen molar-refractivity contribution >= 4 is 51.6 Å². The number of rotatable bonds is 4. The Morgan fingerprint density at radius 3 is 2.92 bits per heavy atom. The highest BCUT2D eigenvalue weighted by Gasteiger charge is 2.13. The third-order valence-electron chi connectivity index (χ3n) is 3.57. The molecule has 132 valence electrons. The molecule has 0 amide bonds. The number of H-pyrrole nitrogens is 1. The first kappa shape index (κ1) is 18.4. The molecule has 0 radical (unpaired) electrons. The van der Waals surface area contributed by atoms with Crippen molar-refractivity contribution in [1.82, 2.24) is 9.97 Å². The summed E-state index contributed by atoms with van der Waals surface area (Å²) >= 11 is 5.00. The third kappa shape index (κ3) is 4.22. The maximum absolute atomic E-state index is 14.1. The molecule has 0 unspecified atom stereocenters. The molecule has 3 heterocycles. The SMILES string of the molecule is CC.Fc1ccc(NSC2=CCCCS2)c2[nH]c(-c3nccs3)cc12. The van der Waals surface area contributed by atoms with E-state index in [1.807, 2.05) is 37.1 Å². The molecule has 2 aromatic heterocycles. The molecule has 0 fully saturated rings. The molecule has 0 spiro atoms. The van der Waals surface area contributed by atoms with E-state index in [2.05, 4.69) is 20.8 Å². The molecule has 0 saturated carbocycles. The number of benzene rings is 1. The third-order valence-corrected chi connectivity index (χ3v) is 6.61.